The van der Waals surface area contributed by atoms with E-state index in [-0.39, 0.29) is 17.5 Å². The topological polar surface area (TPSA) is 23.6 Å². The maximum Gasteiger partial charge on any atom is 0.233 e. The van der Waals surface area contributed by atoms with Crippen molar-refractivity contribution in [1.29, 1.82) is 0 Å². The molecular formula is C20H20F2N2O. The molecular weight excluding hydrogens is 322 g/mol. The molecule has 3 nitrogen and oxygen atoms in total. The predicted molar refractivity (Wildman–Crippen MR) is 92.5 cm³/mol. The minimum atomic E-state index is -0.663. The smallest absolute Gasteiger partial charge is 0.233 e. The molecule has 0 unspecified atom stereocenters. The van der Waals surface area contributed by atoms with E-state index < -0.39 is 5.41 Å². The molecule has 1 saturated carbocycles. The number of carbonyl (C=O) groups excluding carboxylic acids is 1. The van der Waals surface area contributed by atoms with Crippen molar-refractivity contribution >= 4 is 11.6 Å². The quantitative estimate of drug-likeness (QED) is 0.854. The van der Waals surface area contributed by atoms with Crippen LogP contribution in [0.1, 0.15) is 18.4 Å². The molecule has 0 spiro atoms. The number of amides is 1. The third kappa shape index (κ3) is 2.88. The Morgan fingerprint density at radius 1 is 0.880 bits per heavy atom. The monoisotopic (exact) mass is 342 g/mol. The second kappa shape index (κ2) is 6.14. The molecule has 0 N–H and O–H groups in total. The molecule has 0 bridgehead atoms. The van der Waals surface area contributed by atoms with E-state index in [4.69, 9.17) is 0 Å². The van der Waals surface area contributed by atoms with Crippen molar-refractivity contribution in [3.05, 3.63) is 65.7 Å². The van der Waals surface area contributed by atoms with Crippen molar-refractivity contribution in [2.75, 3.05) is 31.1 Å². The van der Waals surface area contributed by atoms with E-state index in [0.717, 1.165) is 5.69 Å². The summed E-state index contributed by atoms with van der Waals surface area (Å²) in [7, 11) is 0. The van der Waals surface area contributed by atoms with Gasteiger partial charge in [0, 0.05) is 37.4 Å². The molecule has 2 aromatic rings. The summed E-state index contributed by atoms with van der Waals surface area (Å²) in [5.74, 6) is -0.507. The molecule has 25 heavy (non-hydrogen) atoms. The van der Waals surface area contributed by atoms with Gasteiger partial charge in [-0.1, -0.05) is 18.2 Å². The van der Waals surface area contributed by atoms with E-state index >= 15 is 0 Å². The lowest BCUT2D eigenvalue weighted by molar-refractivity contribution is -0.134. The number of anilines is 1. The van der Waals surface area contributed by atoms with Gasteiger partial charge in [0.05, 0.1) is 5.41 Å². The SMILES string of the molecule is O=C(N1CCN(c2ccc(F)cc2)CC1)C1(c2ccccc2F)CC1. The second-order valence-corrected chi connectivity index (χ2v) is 6.82. The van der Waals surface area contributed by atoms with Crippen LogP contribution in [0, 0.1) is 11.6 Å². The van der Waals surface area contributed by atoms with Gasteiger partial charge in [0.2, 0.25) is 5.91 Å². The minimum absolute atomic E-state index is 0.0383. The fourth-order valence-electron chi connectivity index (χ4n) is 3.70. The Kier molecular flexibility index (Phi) is 3.94. The van der Waals surface area contributed by atoms with Gasteiger partial charge in [0.1, 0.15) is 11.6 Å². The maximum absolute atomic E-state index is 14.2. The molecule has 1 amide bonds. The van der Waals surface area contributed by atoms with Crippen LogP contribution in [-0.4, -0.2) is 37.0 Å². The molecule has 1 saturated heterocycles. The Morgan fingerprint density at radius 2 is 1.52 bits per heavy atom. The molecule has 5 heteroatoms. The van der Waals surface area contributed by atoms with Crippen molar-refractivity contribution in [3.8, 4) is 0 Å². The average molecular weight is 342 g/mol. The van der Waals surface area contributed by atoms with Crippen LogP contribution < -0.4 is 4.90 Å². The van der Waals surface area contributed by atoms with Crippen molar-refractivity contribution < 1.29 is 13.6 Å². The van der Waals surface area contributed by atoms with Crippen LogP contribution in [0.5, 0.6) is 0 Å². The zero-order chi connectivity index (χ0) is 17.4. The summed E-state index contributed by atoms with van der Waals surface area (Å²) in [4.78, 5) is 17.0. The lowest BCUT2D eigenvalue weighted by Gasteiger charge is -2.38. The Labute approximate surface area is 145 Å². The molecule has 1 heterocycles. The number of hydrogen-bond acceptors (Lipinski definition) is 2. The summed E-state index contributed by atoms with van der Waals surface area (Å²) in [5, 5.41) is 0. The van der Waals surface area contributed by atoms with Crippen LogP contribution in [0.15, 0.2) is 48.5 Å². The molecule has 0 aromatic heterocycles. The van der Waals surface area contributed by atoms with Crippen molar-refractivity contribution in [3.63, 3.8) is 0 Å². The first-order chi connectivity index (χ1) is 12.1. The first-order valence-corrected chi connectivity index (χ1v) is 8.65. The van der Waals surface area contributed by atoms with E-state index in [1.807, 2.05) is 4.90 Å². The maximum atomic E-state index is 14.2. The highest BCUT2D eigenvalue weighted by Crippen LogP contribution is 2.50. The summed E-state index contributed by atoms with van der Waals surface area (Å²) < 4.78 is 27.2. The fraction of sp³-hybridized carbons (Fsp3) is 0.350. The van der Waals surface area contributed by atoms with E-state index in [1.54, 1.807) is 30.3 Å². The summed E-state index contributed by atoms with van der Waals surface area (Å²) in [6.45, 7) is 2.61. The predicted octanol–water partition coefficient (Wildman–Crippen LogP) is 3.35. The number of carbonyl (C=O) groups is 1. The van der Waals surface area contributed by atoms with Gasteiger partial charge in [-0.05, 0) is 43.2 Å². The van der Waals surface area contributed by atoms with E-state index in [9.17, 15) is 13.6 Å². The molecule has 1 aliphatic carbocycles. The van der Waals surface area contributed by atoms with Crippen molar-refractivity contribution in [1.82, 2.24) is 4.90 Å². The third-order valence-corrected chi connectivity index (χ3v) is 5.31. The molecule has 0 radical (unpaired) electrons. The number of halogens is 2. The highest BCUT2D eigenvalue weighted by atomic mass is 19.1. The lowest BCUT2D eigenvalue weighted by atomic mass is 9.93. The zero-order valence-corrected chi connectivity index (χ0v) is 13.9. The first kappa shape index (κ1) is 16.1. The number of benzene rings is 2. The normalized spacial score (nSPS) is 19.0. The molecule has 1 aliphatic heterocycles. The molecule has 2 aliphatic rings. The summed E-state index contributed by atoms with van der Waals surface area (Å²) >= 11 is 0. The average Bonchev–Trinajstić information content (AvgIpc) is 3.44. The first-order valence-electron chi connectivity index (χ1n) is 8.65. The van der Waals surface area contributed by atoms with Crippen LogP contribution in [0.3, 0.4) is 0 Å². The van der Waals surface area contributed by atoms with Crippen LogP contribution >= 0.6 is 0 Å². The third-order valence-electron chi connectivity index (χ3n) is 5.31. The highest BCUT2D eigenvalue weighted by Gasteiger charge is 2.54. The largest absolute Gasteiger partial charge is 0.368 e. The number of rotatable bonds is 3. The molecule has 130 valence electrons. The Bertz CT molecular complexity index is 779. The number of nitrogens with zero attached hydrogens (tertiary/aromatic N) is 2. The van der Waals surface area contributed by atoms with Gasteiger partial charge in [-0.15, -0.1) is 0 Å². The van der Waals surface area contributed by atoms with Gasteiger partial charge in [0.15, 0.2) is 0 Å². The van der Waals surface area contributed by atoms with Gasteiger partial charge >= 0.3 is 0 Å². The van der Waals surface area contributed by atoms with Gasteiger partial charge in [-0.2, -0.15) is 0 Å². The van der Waals surface area contributed by atoms with E-state index in [0.29, 0.717) is 44.6 Å². The van der Waals surface area contributed by atoms with Gasteiger partial charge < -0.3 is 9.80 Å². The minimum Gasteiger partial charge on any atom is -0.368 e. The van der Waals surface area contributed by atoms with Gasteiger partial charge in [-0.25, -0.2) is 8.78 Å². The number of piperazine rings is 1. The summed E-state index contributed by atoms with van der Waals surface area (Å²) in [5.41, 5.74) is 0.827. The second-order valence-electron chi connectivity index (χ2n) is 6.82. The molecule has 2 fully saturated rings. The fourth-order valence-corrected chi connectivity index (χ4v) is 3.70. The van der Waals surface area contributed by atoms with E-state index in [1.165, 1.54) is 18.2 Å². The van der Waals surface area contributed by atoms with Crippen molar-refractivity contribution in [2.45, 2.75) is 18.3 Å². The standard InChI is InChI=1S/C20H20F2N2O/c21-15-5-7-16(8-6-15)23-11-13-24(14-12-23)19(25)20(9-10-20)17-3-1-2-4-18(17)22/h1-8H,9-14H2. The highest BCUT2D eigenvalue weighted by molar-refractivity contribution is 5.91. The van der Waals surface area contributed by atoms with Crippen molar-refractivity contribution in [2.24, 2.45) is 0 Å². The summed E-state index contributed by atoms with van der Waals surface area (Å²) in [6.07, 6.45) is 1.43. The van der Waals surface area contributed by atoms with Crippen LogP contribution in [0.4, 0.5) is 14.5 Å². The molecule has 4 rings (SSSR count). The van der Waals surface area contributed by atoms with E-state index in [2.05, 4.69) is 4.90 Å². The summed E-state index contributed by atoms with van der Waals surface area (Å²) in [6, 6.07) is 13.0. The Balaban J connectivity index is 1.45. The number of hydrogen-bond donors (Lipinski definition) is 0. The molecule has 2 aromatic carbocycles. The molecule has 0 atom stereocenters. The van der Waals surface area contributed by atoms with Gasteiger partial charge in [-0.3, -0.25) is 4.79 Å². The van der Waals surface area contributed by atoms with Gasteiger partial charge in [0.25, 0.3) is 0 Å². The lowest BCUT2D eigenvalue weighted by Crippen LogP contribution is -2.51. The zero-order valence-electron chi connectivity index (χ0n) is 13.9. The Hall–Kier alpha value is -2.43. The van der Waals surface area contributed by atoms with Crippen LogP contribution in [0.25, 0.3) is 0 Å². The van der Waals surface area contributed by atoms with Crippen LogP contribution in [0.2, 0.25) is 0 Å². The van der Waals surface area contributed by atoms with Crippen LogP contribution in [-0.2, 0) is 10.2 Å². The Morgan fingerprint density at radius 3 is 2.12 bits per heavy atom.